The zero-order chi connectivity index (χ0) is 12.1. The van der Waals surface area contributed by atoms with Crippen LogP contribution in [-0.4, -0.2) is 46.4 Å². The number of methoxy groups -OCH3 is 1. The molecule has 0 heterocycles. The van der Waals surface area contributed by atoms with Gasteiger partial charge in [0, 0.05) is 26.7 Å². The molecule has 0 fully saturated rings. The molecular weight excluding hydrogens is 208 g/mol. The van der Waals surface area contributed by atoms with E-state index in [2.05, 4.69) is 11.8 Å². The molecule has 16 heavy (non-hydrogen) atoms. The van der Waals surface area contributed by atoms with Crippen LogP contribution in [0.5, 0.6) is 0 Å². The zero-order valence-electron chi connectivity index (χ0n) is 10.5. The van der Waals surface area contributed by atoms with E-state index in [-0.39, 0.29) is 0 Å². The molecule has 0 N–H and O–H groups in total. The Bertz CT molecular complexity index is 189. The van der Waals surface area contributed by atoms with Crippen LogP contribution in [0.3, 0.4) is 0 Å². The maximum atomic E-state index is 5.27. The molecule has 0 aliphatic rings. The first-order chi connectivity index (χ1) is 7.85. The molecule has 0 aromatic carbocycles. The molecule has 0 saturated carbocycles. The van der Waals surface area contributed by atoms with Gasteiger partial charge in [-0.05, 0) is 19.8 Å². The van der Waals surface area contributed by atoms with Crippen LogP contribution in [0.2, 0.25) is 0 Å². The zero-order valence-corrected chi connectivity index (χ0v) is 10.5. The van der Waals surface area contributed by atoms with Crippen LogP contribution < -0.4 is 0 Å². The average Bonchev–Trinajstić information content (AvgIpc) is 2.28. The van der Waals surface area contributed by atoms with E-state index in [4.69, 9.17) is 18.9 Å². The number of hydrogen-bond donors (Lipinski definition) is 0. The molecule has 0 bridgehead atoms. The van der Waals surface area contributed by atoms with E-state index in [0.29, 0.717) is 39.5 Å². The van der Waals surface area contributed by atoms with E-state index in [1.165, 1.54) is 0 Å². The molecule has 0 aromatic rings. The molecule has 0 saturated heterocycles. The third kappa shape index (κ3) is 9.94. The highest BCUT2D eigenvalue weighted by atomic mass is 16.7. The Balaban J connectivity index is 3.54. The minimum atomic E-state index is -0.408. The highest BCUT2D eigenvalue weighted by Gasteiger charge is 2.00. The minimum absolute atomic E-state index is 0.408. The van der Waals surface area contributed by atoms with Crippen molar-refractivity contribution in [2.24, 2.45) is 0 Å². The van der Waals surface area contributed by atoms with Crippen LogP contribution in [0.25, 0.3) is 0 Å². The van der Waals surface area contributed by atoms with Gasteiger partial charge in [0.25, 0.3) is 0 Å². The Morgan fingerprint density at radius 3 is 2.25 bits per heavy atom. The Labute approximate surface area is 98.2 Å². The number of rotatable bonds is 9. The van der Waals surface area contributed by atoms with Crippen LogP contribution in [0.4, 0.5) is 0 Å². The molecule has 0 amide bonds. The van der Waals surface area contributed by atoms with Gasteiger partial charge >= 0.3 is 0 Å². The maximum Gasteiger partial charge on any atom is 0.222 e. The highest BCUT2D eigenvalue weighted by Crippen LogP contribution is 1.93. The van der Waals surface area contributed by atoms with Gasteiger partial charge in [0.15, 0.2) is 0 Å². The van der Waals surface area contributed by atoms with E-state index in [0.717, 1.165) is 0 Å². The monoisotopic (exact) mass is 230 g/mol. The van der Waals surface area contributed by atoms with Gasteiger partial charge in [0.1, 0.15) is 0 Å². The summed E-state index contributed by atoms with van der Waals surface area (Å²) >= 11 is 0. The molecule has 94 valence electrons. The lowest BCUT2D eigenvalue weighted by molar-refractivity contribution is -0.0970. The Morgan fingerprint density at radius 2 is 1.69 bits per heavy atom. The second-order valence-corrected chi connectivity index (χ2v) is 2.92. The second kappa shape index (κ2) is 12.5. The Hall–Kier alpha value is -0.600. The molecule has 0 atom stereocenters. The molecule has 4 heteroatoms. The predicted molar refractivity (Wildman–Crippen MR) is 62.1 cm³/mol. The van der Waals surface area contributed by atoms with Crippen LogP contribution >= 0.6 is 0 Å². The normalized spacial score (nSPS) is 10.2. The second-order valence-electron chi connectivity index (χ2n) is 2.92. The first kappa shape index (κ1) is 15.4. The van der Waals surface area contributed by atoms with Gasteiger partial charge < -0.3 is 18.9 Å². The summed E-state index contributed by atoms with van der Waals surface area (Å²) in [6.45, 7) is 6.88. The molecule has 0 aliphatic carbocycles. The van der Waals surface area contributed by atoms with Gasteiger partial charge in [0.2, 0.25) is 6.29 Å². The Morgan fingerprint density at radius 1 is 1.00 bits per heavy atom. The first-order valence-corrected chi connectivity index (χ1v) is 5.63. The van der Waals surface area contributed by atoms with Gasteiger partial charge in [0.05, 0.1) is 19.8 Å². The van der Waals surface area contributed by atoms with Gasteiger partial charge in [-0.2, -0.15) is 0 Å². The lowest BCUT2D eigenvalue weighted by Crippen LogP contribution is -2.14. The van der Waals surface area contributed by atoms with Crippen molar-refractivity contribution in [1.82, 2.24) is 0 Å². The summed E-state index contributed by atoms with van der Waals surface area (Å²) in [4.78, 5) is 0. The van der Waals surface area contributed by atoms with Crippen molar-refractivity contribution in [3.8, 4) is 11.8 Å². The minimum Gasteiger partial charge on any atom is -0.382 e. The lowest BCUT2D eigenvalue weighted by Gasteiger charge is -2.09. The summed E-state index contributed by atoms with van der Waals surface area (Å²) in [6.07, 6.45) is 0.273. The van der Waals surface area contributed by atoms with Crippen molar-refractivity contribution in [1.29, 1.82) is 0 Å². The summed E-state index contributed by atoms with van der Waals surface area (Å²) in [5, 5.41) is 0. The fourth-order valence-electron chi connectivity index (χ4n) is 0.957. The number of ether oxygens (including phenoxy) is 4. The van der Waals surface area contributed by atoms with Crippen molar-refractivity contribution >= 4 is 0 Å². The summed E-state index contributed by atoms with van der Waals surface area (Å²) < 4.78 is 20.7. The molecule has 0 rings (SSSR count). The van der Waals surface area contributed by atoms with Gasteiger partial charge in [-0.15, -0.1) is 0 Å². The van der Waals surface area contributed by atoms with Crippen molar-refractivity contribution in [3.05, 3.63) is 0 Å². The number of hydrogen-bond acceptors (Lipinski definition) is 4. The maximum absolute atomic E-state index is 5.27. The van der Waals surface area contributed by atoms with Gasteiger partial charge in [-0.3, -0.25) is 0 Å². The van der Waals surface area contributed by atoms with E-state index < -0.39 is 6.29 Å². The van der Waals surface area contributed by atoms with Crippen LogP contribution in [0, 0.1) is 11.8 Å². The van der Waals surface area contributed by atoms with E-state index in [9.17, 15) is 0 Å². The van der Waals surface area contributed by atoms with E-state index >= 15 is 0 Å². The fourth-order valence-corrected chi connectivity index (χ4v) is 0.957. The predicted octanol–water partition coefficient (Wildman–Crippen LogP) is 1.44. The average molecular weight is 230 g/mol. The standard InChI is InChI=1S/C12H22O4/c1-4-15-12(16-5-2)8-6-7-9-14-11-10-13-3/h12H,4-5,7,9-11H2,1-3H3. The van der Waals surface area contributed by atoms with Crippen molar-refractivity contribution in [2.75, 3.05) is 40.1 Å². The largest absolute Gasteiger partial charge is 0.382 e. The fraction of sp³-hybridized carbons (Fsp3) is 0.833. The van der Waals surface area contributed by atoms with Gasteiger partial charge in [-0.1, -0.05) is 5.92 Å². The third-order valence-corrected chi connectivity index (χ3v) is 1.66. The lowest BCUT2D eigenvalue weighted by atomic mass is 10.4. The molecule has 0 unspecified atom stereocenters. The smallest absolute Gasteiger partial charge is 0.222 e. The molecule has 0 aromatic heterocycles. The van der Waals surface area contributed by atoms with Gasteiger partial charge in [-0.25, -0.2) is 0 Å². The highest BCUT2D eigenvalue weighted by molar-refractivity contribution is 5.02. The van der Waals surface area contributed by atoms with Crippen molar-refractivity contribution in [3.63, 3.8) is 0 Å². The van der Waals surface area contributed by atoms with Crippen LogP contribution in [0.1, 0.15) is 20.3 Å². The quantitative estimate of drug-likeness (QED) is 0.341. The van der Waals surface area contributed by atoms with Crippen LogP contribution in [0.15, 0.2) is 0 Å². The van der Waals surface area contributed by atoms with Crippen molar-refractivity contribution < 1.29 is 18.9 Å². The van der Waals surface area contributed by atoms with E-state index in [1.807, 2.05) is 13.8 Å². The Kier molecular flexibility index (Phi) is 12.0. The first-order valence-electron chi connectivity index (χ1n) is 5.63. The molecule has 0 spiro atoms. The SMILES string of the molecule is CCOC(C#CCCOCCOC)OCC. The van der Waals surface area contributed by atoms with Crippen molar-refractivity contribution in [2.45, 2.75) is 26.6 Å². The van der Waals surface area contributed by atoms with E-state index in [1.54, 1.807) is 7.11 Å². The molecular formula is C12H22O4. The van der Waals surface area contributed by atoms with Crippen LogP contribution in [-0.2, 0) is 18.9 Å². The summed E-state index contributed by atoms with van der Waals surface area (Å²) in [5.74, 6) is 5.87. The summed E-state index contributed by atoms with van der Waals surface area (Å²) in [6, 6.07) is 0. The molecule has 0 aliphatic heterocycles. The summed E-state index contributed by atoms with van der Waals surface area (Å²) in [7, 11) is 1.65. The summed E-state index contributed by atoms with van der Waals surface area (Å²) in [5.41, 5.74) is 0. The molecule has 0 radical (unpaired) electrons. The topological polar surface area (TPSA) is 36.9 Å². The third-order valence-electron chi connectivity index (χ3n) is 1.66. The molecule has 4 nitrogen and oxygen atoms in total.